The summed E-state index contributed by atoms with van der Waals surface area (Å²) < 4.78 is 4.09. The maximum Gasteiger partial charge on any atom is 0.107 e. The van der Waals surface area contributed by atoms with Crippen LogP contribution in [-0.2, 0) is 20.0 Å². The van der Waals surface area contributed by atoms with Crippen LogP contribution in [0.25, 0.3) is 11.0 Å². The van der Waals surface area contributed by atoms with Crippen molar-refractivity contribution in [2.24, 2.45) is 7.05 Å². The highest BCUT2D eigenvalue weighted by Crippen LogP contribution is 2.21. The van der Waals surface area contributed by atoms with E-state index in [1.54, 1.807) is 0 Å². The molecule has 2 N–H and O–H groups in total. The Labute approximate surface area is 118 Å². The molecule has 3 aromatic rings. The lowest BCUT2D eigenvalue weighted by atomic mass is 10.2. The van der Waals surface area contributed by atoms with Gasteiger partial charge in [-0.3, -0.25) is 4.68 Å². The molecule has 0 aliphatic carbocycles. The predicted octanol–water partition coefficient (Wildman–Crippen LogP) is 2.27. The van der Waals surface area contributed by atoms with Crippen molar-refractivity contribution in [3.05, 3.63) is 41.5 Å². The van der Waals surface area contributed by atoms with E-state index in [0.717, 1.165) is 41.2 Å². The number of rotatable bonds is 3. The first-order valence-electron chi connectivity index (χ1n) is 6.82. The summed E-state index contributed by atoms with van der Waals surface area (Å²) in [7, 11) is 1.96. The Hall–Kier alpha value is -2.30. The molecule has 2 aromatic heterocycles. The minimum Gasteiger partial charge on any atom is -0.399 e. The number of hydrogen-bond acceptors (Lipinski definition) is 3. The minimum absolute atomic E-state index is 0.748. The number of fused-ring (bicyclic) bond motifs is 1. The van der Waals surface area contributed by atoms with Gasteiger partial charge in [0.25, 0.3) is 0 Å². The van der Waals surface area contributed by atoms with Crippen molar-refractivity contribution in [3.8, 4) is 0 Å². The van der Waals surface area contributed by atoms with E-state index in [2.05, 4.69) is 27.8 Å². The molecule has 3 rings (SSSR count). The Balaban J connectivity index is 2.08. The standard InChI is InChI=1S/C15H19N5/c1-4-13-11(8-19(3)18-13)9-20-10(2)17-14-7-12(16)5-6-15(14)20/h5-8H,4,9,16H2,1-3H3. The van der Waals surface area contributed by atoms with Gasteiger partial charge in [-0.25, -0.2) is 4.98 Å². The molecule has 5 nitrogen and oxygen atoms in total. The van der Waals surface area contributed by atoms with Gasteiger partial charge in [0.05, 0.1) is 23.3 Å². The van der Waals surface area contributed by atoms with Crippen LogP contribution >= 0.6 is 0 Å². The van der Waals surface area contributed by atoms with E-state index >= 15 is 0 Å². The summed E-state index contributed by atoms with van der Waals surface area (Å²) in [6.07, 6.45) is 3.02. The van der Waals surface area contributed by atoms with E-state index in [0.29, 0.717) is 0 Å². The second-order valence-corrected chi connectivity index (χ2v) is 5.12. The molecule has 0 aliphatic rings. The second-order valence-electron chi connectivity index (χ2n) is 5.12. The first-order chi connectivity index (χ1) is 9.58. The van der Waals surface area contributed by atoms with Crippen LogP contribution in [-0.4, -0.2) is 19.3 Å². The highest BCUT2D eigenvalue weighted by atomic mass is 15.3. The molecule has 0 bridgehead atoms. The smallest absolute Gasteiger partial charge is 0.107 e. The van der Waals surface area contributed by atoms with E-state index in [4.69, 9.17) is 5.73 Å². The highest BCUT2D eigenvalue weighted by Gasteiger charge is 2.12. The third-order valence-corrected chi connectivity index (χ3v) is 3.62. The number of nitrogens with two attached hydrogens (primary N) is 1. The molecule has 0 radical (unpaired) electrons. The third kappa shape index (κ3) is 2.05. The molecule has 5 heteroatoms. The minimum atomic E-state index is 0.748. The summed E-state index contributed by atoms with van der Waals surface area (Å²) in [5, 5.41) is 4.50. The van der Waals surface area contributed by atoms with Gasteiger partial charge in [-0.2, -0.15) is 5.10 Å². The zero-order valence-electron chi connectivity index (χ0n) is 12.1. The highest BCUT2D eigenvalue weighted by molar-refractivity contribution is 5.79. The van der Waals surface area contributed by atoms with E-state index in [9.17, 15) is 0 Å². The van der Waals surface area contributed by atoms with Crippen LogP contribution < -0.4 is 5.73 Å². The lowest BCUT2D eigenvalue weighted by Crippen LogP contribution is -2.03. The maximum absolute atomic E-state index is 5.82. The van der Waals surface area contributed by atoms with Crippen LogP contribution in [0.3, 0.4) is 0 Å². The summed E-state index contributed by atoms with van der Waals surface area (Å²) in [5.74, 6) is 0.997. The van der Waals surface area contributed by atoms with Gasteiger partial charge in [0.1, 0.15) is 5.82 Å². The third-order valence-electron chi connectivity index (χ3n) is 3.62. The molecule has 20 heavy (non-hydrogen) atoms. The van der Waals surface area contributed by atoms with Crippen molar-refractivity contribution in [2.75, 3.05) is 5.73 Å². The van der Waals surface area contributed by atoms with E-state index in [1.165, 1.54) is 5.56 Å². The van der Waals surface area contributed by atoms with Gasteiger partial charge >= 0.3 is 0 Å². The summed E-state index contributed by atoms with van der Waals surface area (Å²) in [6, 6.07) is 5.87. The van der Waals surface area contributed by atoms with E-state index < -0.39 is 0 Å². The van der Waals surface area contributed by atoms with Crippen LogP contribution in [0.1, 0.15) is 24.0 Å². The van der Waals surface area contributed by atoms with Gasteiger partial charge in [0.15, 0.2) is 0 Å². The average Bonchev–Trinajstić information content (AvgIpc) is 2.90. The van der Waals surface area contributed by atoms with Crippen molar-refractivity contribution < 1.29 is 0 Å². The first kappa shape index (κ1) is 12.7. The van der Waals surface area contributed by atoms with Crippen LogP contribution in [0, 0.1) is 6.92 Å². The molecular weight excluding hydrogens is 250 g/mol. The summed E-state index contributed by atoms with van der Waals surface area (Å²) >= 11 is 0. The van der Waals surface area contributed by atoms with Crippen LogP contribution in [0.5, 0.6) is 0 Å². The molecule has 0 saturated heterocycles. The van der Waals surface area contributed by atoms with Gasteiger partial charge in [0.2, 0.25) is 0 Å². The van der Waals surface area contributed by atoms with Gasteiger partial charge in [-0.1, -0.05) is 6.92 Å². The molecule has 0 unspecified atom stereocenters. The topological polar surface area (TPSA) is 61.7 Å². The Morgan fingerprint density at radius 3 is 2.85 bits per heavy atom. The fourth-order valence-electron chi connectivity index (χ4n) is 2.65. The number of anilines is 1. The Morgan fingerprint density at radius 1 is 1.30 bits per heavy atom. The van der Waals surface area contributed by atoms with Gasteiger partial charge in [-0.15, -0.1) is 0 Å². The average molecular weight is 269 g/mol. The van der Waals surface area contributed by atoms with Crippen molar-refractivity contribution >= 4 is 16.7 Å². The van der Waals surface area contributed by atoms with E-state index in [1.807, 2.05) is 36.9 Å². The fourth-order valence-corrected chi connectivity index (χ4v) is 2.65. The molecule has 0 fully saturated rings. The van der Waals surface area contributed by atoms with Crippen molar-refractivity contribution in [2.45, 2.75) is 26.8 Å². The number of nitrogen functional groups attached to an aromatic ring is 1. The first-order valence-corrected chi connectivity index (χ1v) is 6.82. The molecule has 0 amide bonds. The van der Waals surface area contributed by atoms with E-state index in [-0.39, 0.29) is 0 Å². The van der Waals surface area contributed by atoms with Crippen molar-refractivity contribution in [1.82, 2.24) is 19.3 Å². The number of aryl methyl sites for hydroxylation is 3. The number of imidazole rings is 1. The lowest BCUT2D eigenvalue weighted by Gasteiger charge is -2.06. The monoisotopic (exact) mass is 269 g/mol. The molecule has 104 valence electrons. The number of aromatic nitrogens is 4. The Kier molecular flexibility index (Phi) is 2.97. The lowest BCUT2D eigenvalue weighted by molar-refractivity contribution is 0.746. The molecule has 0 aliphatic heterocycles. The maximum atomic E-state index is 5.82. The predicted molar refractivity (Wildman–Crippen MR) is 80.6 cm³/mol. The number of hydrogen-bond donors (Lipinski definition) is 1. The van der Waals surface area contributed by atoms with Crippen LogP contribution in [0.15, 0.2) is 24.4 Å². The molecular formula is C15H19N5. The SMILES string of the molecule is CCc1nn(C)cc1Cn1c(C)nc2cc(N)ccc21. The second kappa shape index (κ2) is 4.67. The quantitative estimate of drug-likeness (QED) is 0.742. The molecule has 2 heterocycles. The largest absolute Gasteiger partial charge is 0.399 e. The number of benzene rings is 1. The van der Waals surface area contributed by atoms with Crippen LogP contribution in [0.4, 0.5) is 5.69 Å². The van der Waals surface area contributed by atoms with Gasteiger partial charge < -0.3 is 10.3 Å². The summed E-state index contributed by atoms with van der Waals surface area (Å²) in [4.78, 5) is 4.59. The number of nitrogens with zero attached hydrogens (tertiary/aromatic N) is 4. The normalized spacial score (nSPS) is 11.3. The van der Waals surface area contributed by atoms with Gasteiger partial charge in [-0.05, 0) is 31.5 Å². The molecule has 0 atom stereocenters. The Morgan fingerprint density at radius 2 is 2.10 bits per heavy atom. The summed E-state index contributed by atoms with van der Waals surface area (Å²) in [6.45, 7) is 4.95. The molecule has 0 spiro atoms. The van der Waals surface area contributed by atoms with Crippen molar-refractivity contribution in [1.29, 1.82) is 0 Å². The van der Waals surface area contributed by atoms with Gasteiger partial charge in [0, 0.05) is 24.5 Å². The zero-order valence-corrected chi connectivity index (χ0v) is 12.1. The zero-order chi connectivity index (χ0) is 14.3. The summed E-state index contributed by atoms with van der Waals surface area (Å²) in [5.41, 5.74) is 11.0. The fraction of sp³-hybridized carbons (Fsp3) is 0.333. The molecule has 0 saturated carbocycles. The molecule has 1 aromatic carbocycles. The Bertz CT molecular complexity index is 766. The van der Waals surface area contributed by atoms with Crippen molar-refractivity contribution in [3.63, 3.8) is 0 Å². The van der Waals surface area contributed by atoms with Crippen LogP contribution in [0.2, 0.25) is 0 Å².